The predicted octanol–water partition coefficient (Wildman–Crippen LogP) is 2.21. The van der Waals surface area contributed by atoms with Crippen LogP contribution in [-0.4, -0.2) is 37.0 Å². The molecule has 2 aromatic rings. The summed E-state index contributed by atoms with van der Waals surface area (Å²) >= 11 is 0. The number of fused-ring (bicyclic) bond motifs is 1. The minimum Gasteiger partial charge on any atom is -0.469 e. The molecule has 1 aliphatic carbocycles. The molecule has 0 bridgehead atoms. The molecule has 1 atom stereocenters. The van der Waals surface area contributed by atoms with Crippen molar-refractivity contribution in [3.63, 3.8) is 0 Å². The van der Waals surface area contributed by atoms with Crippen molar-refractivity contribution in [1.82, 2.24) is 4.90 Å². The van der Waals surface area contributed by atoms with E-state index < -0.39 is 5.63 Å². The zero-order valence-electron chi connectivity index (χ0n) is 14.0. The van der Waals surface area contributed by atoms with E-state index in [1.165, 1.54) is 7.11 Å². The molecule has 2 aliphatic rings. The number of amides is 1. The minimum atomic E-state index is -0.497. The number of ether oxygens (including phenoxy) is 1. The topological polar surface area (TPSA) is 76.8 Å². The largest absolute Gasteiger partial charge is 0.469 e. The Morgan fingerprint density at radius 2 is 1.96 bits per heavy atom. The first-order valence-corrected chi connectivity index (χ1v) is 8.44. The molecular formula is C19H19NO5. The second kappa shape index (κ2) is 5.72. The first-order valence-electron chi connectivity index (χ1n) is 8.44. The summed E-state index contributed by atoms with van der Waals surface area (Å²) < 4.78 is 10.1. The Bertz CT molecular complexity index is 907. The molecule has 1 saturated heterocycles. The van der Waals surface area contributed by atoms with Crippen LogP contribution < -0.4 is 5.63 Å². The maximum Gasteiger partial charge on any atom is 0.344 e. The highest BCUT2D eigenvalue weighted by atomic mass is 16.5. The van der Waals surface area contributed by atoms with Crippen LogP contribution in [0.3, 0.4) is 0 Å². The third kappa shape index (κ3) is 2.62. The van der Waals surface area contributed by atoms with Gasteiger partial charge < -0.3 is 14.1 Å². The maximum absolute atomic E-state index is 12.7. The van der Waals surface area contributed by atoms with Crippen LogP contribution in [0.2, 0.25) is 0 Å². The molecule has 6 heteroatoms. The number of esters is 1. The van der Waals surface area contributed by atoms with E-state index in [0.29, 0.717) is 23.9 Å². The van der Waals surface area contributed by atoms with E-state index in [9.17, 15) is 14.4 Å². The molecule has 1 aromatic carbocycles. The highest BCUT2D eigenvalue weighted by molar-refractivity contribution is 5.95. The fraction of sp³-hybridized carbons (Fsp3) is 0.421. The second-order valence-corrected chi connectivity index (χ2v) is 6.92. The van der Waals surface area contributed by atoms with Crippen molar-refractivity contribution in [2.45, 2.75) is 19.3 Å². The van der Waals surface area contributed by atoms with E-state index in [1.807, 2.05) is 6.07 Å². The molecule has 1 amide bonds. The SMILES string of the molecule is COC(=O)[C@H]1CC12CCN(C(=O)c1cc3ccccc3c(=O)o1)CC2. The molecule has 4 rings (SSSR count). The molecule has 1 saturated carbocycles. The number of rotatable bonds is 2. The van der Waals surface area contributed by atoms with Crippen molar-refractivity contribution in [3.8, 4) is 0 Å². The lowest BCUT2D eigenvalue weighted by Crippen LogP contribution is -2.40. The third-order valence-electron chi connectivity index (χ3n) is 5.60. The van der Waals surface area contributed by atoms with Gasteiger partial charge in [0.25, 0.3) is 5.91 Å². The van der Waals surface area contributed by atoms with Crippen molar-refractivity contribution in [2.24, 2.45) is 11.3 Å². The van der Waals surface area contributed by atoms with Gasteiger partial charge in [-0.25, -0.2) is 4.79 Å². The number of likely N-dealkylation sites (tertiary alicyclic amines) is 1. The molecule has 1 spiro atoms. The van der Waals surface area contributed by atoms with Gasteiger partial charge in [-0.2, -0.15) is 0 Å². The van der Waals surface area contributed by atoms with Crippen LogP contribution in [0.5, 0.6) is 0 Å². The standard InChI is InChI=1S/C19H19NO5/c1-24-18(23)14-11-19(14)6-8-20(9-7-19)16(21)15-10-12-4-2-3-5-13(12)17(22)25-15/h2-5,10,14H,6-9,11H2,1H3/t14-/m1/s1. The average molecular weight is 341 g/mol. The zero-order chi connectivity index (χ0) is 17.6. The normalized spacial score (nSPS) is 21.3. The van der Waals surface area contributed by atoms with Gasteiger partial charge in [-0.1, -0.05) is 18.2 Å². The summed E-state index contributed by atoms with van der Waals surface area (Å²) in [4.78, 5) is 38.2. The number of piperidine rings is 1. The van der Waals surface area contributed by atoms with E-state index in [0.717, 1.165) is 19.3 Å². The van der Waals surface area contributed by atoms with Crippen molar-refractivity contribution < 1.29 is 18.7 Å². The summed E-state index contributed by atoms with van der Waals surface area (Å²) in [7, 11) is 1.41. The number of nitrogens with zero attached hydrogens (tertiary/aromatic N) is 1. The summed E-state index contributed by atoms with van der Waals surface area (Å²) in [6, 6.07) is 8.68. The predicted molar refractivity (Wildman–Crippen MR) is 90.2 cm³/mol. The van der Waals surface area contributed by atoms with E-state index >= 15 is 0 Å². The van der Waals surface area contributed by atoms with Gasteiger partial charge in [0.15, 0.2) is 5.76 Å². The molecule has 25 heavy (non-hydrogen) atoms. The lowest BCUT2D eigenvalue weighted by molar-refractivity contribution is -0.143. The van der Waals surface area contributed by atoms with Gasteiger partial charge in [0.05, 0.1) is 18.4 Å². The van der Waals surface area contributed by atoms with Crippen molar-refractivity contribution in [2.75, 3.05) is 20.2 Å². The van der Waals surface area contributed by atoms with Crippen LogP contribution >= 0.6 is 0 Å². The smallest absolute Gasteiger partial charge is 0.344 e. The van der Waals surface area contributed by atoms with Crippen LogP contribution in [0, 0.1) is 11.3 Å². The lowest BCUT2D eigenvalue weighted by atomic mass is 9.90. The van der Waals surface area contributed by atoms with E-state index in [4.69, 9.17) is 9.15 Å². The fourth-order valence-electron chi connectivity index (χ4n) is 3.93. The van der Waals surface area contributed by atoms with E-state index in [1.54, 1.807) is 29.2 Å². The molecule has 130 valence electrons. The van der Waals surface area contributed by atoms with Crippen LogP contribution in [0.4, 0.5) is 0 Å². The maximum atomic E-state index is 12.7. The number of carbonyl (C=O) groups excluding carboxylic acids is 2. The van der Waals surface area contributed by atoms with Gasteiger partial charge >= 0.3 is 11.6 Å². The fourth-order valence-corrected chi connectivity index (χ4v) is 3.93. The Morgan fingerprint density at radius 3 is 2.68 bits per heavy atom. The van der Waals surface area contributed by atoms with Crippen LogP contribution in [-0.2, 0) is 9.53 Å². The first-order chi connectivity index (χ1) is 12.0. The number of methoxy groups -OCH3 is 1. The lowest BCUT2D eigenvalue weighted by Gasteiger charge is -2.32. The first kappa shape index (κ1) is 15.9. The van der Waals surface area contributed by atoms with Crippen molar-refractivity contribution in [3.05, 3.63) is 46.5 Å². The highest BCUT2D eigenvalue weighted by Crippen LogP contribution is 2.59. The number of hydrogen-bond acceptors (Lipinski definition) is 5. The highest BCUT2D eigenvalue weighted by Gasteiger charge is 2.59. The Morgan fingerprint density at radius 1 is 1.24 bits per heavy atom. The Balaban J connectivity index is 1.50. The Hall–Kier alpha value is -2.63. The Labute approximate surface area is 144 Å². The molecule has 0 radical (unpaired) electrons. The number of benzene rings is 1. The van der Waals surface area contributed by atoms with Crippen molar-refractivity contribution >= 4 is 22.6 Å². The number of carbonyl (C=O) groups is 2. The van der Waals surface area contributed by atoms with Crippen LogP contribution in [0.25, 0.3) is 10.8 Å². The summed E-state index contributed by atoms with van der Waals surface area (Å²) in [5.74, 6) is -0.387. The quantitative estimate of drug-likeness (QED) is 0.783. The van der Waals surface area contributed by atoms with E-state index in [-0.39, 0.29) is 29.0 Å². The second-order valence-electron chi connectivity index (χ2n) is 6.92. The molecule has 1 aromatic heterocycles. The van der Waals surface area contributed by atoms with Gasteiger partial charge in [-0.3, -0.25) is 9.59 Å². The molecule has 2 fully saturated rings. The van der Waals surface area contributed by atoms with Gasteiger partial charge in [0.2, 0.25) is 0 Å². The van der Waals surface area contributed by atoms with Gasteiger partial charge in [0, 0.05) is 13.1 Å². The van der Waals surface area contributed by atoms with Crippen molar-refractivity contribution in [1.29, 1.82) is 0 Å². The minimum absolute atomic E-state index is 0.00586. The van der Waals surface area contributed by atoms with Gasteiger partial charge in [0.1, 0.15) is 0 Å². The van der Waals surface area contributed by atoms with E-state index in [2.05, 4.69) is 0 Å². The Kier molecular flexibility index (Phi) is 3.63. The third-order valence-corrected chi connectivity index (χ3v) is 5.60. The molecule has 1 aliphatic heterocycles. The molecular weight excluding hydrogens is 322 g/mol. The molecule has 0 N–H and O–H groups in total. The monoisotopic (exact) mass is 341 g/mol. The molecule has 6 nitrogen and oxygen atoms in total. The average Bonchev–Trinajstić information content (AvgIpc) is 3.34. The van der Waals surface area contributed by atoms with Crippen LogP contribution in [0.15, 0.2) is 39.5 Å². The zero-order valence-corrected chi connectivity index (χ0v) is 14.0. The van der Waals surface area contributed by atoms with Gasteiger partial charge in [-0.15, -0.1) is 0 Å². The summed E-state index contributed by atoms with van der Waals surface area (Å²) in [6.07, 6.45) is 2.39. The summed E-state index contributed by atoms with van der Waals surface area (Å²) in [5, 5.41) is 1.17. The summed E-state index contributed by atoms with van der Waals surface area (Å²) in [6.45, 7) is 1.12. The molecule has 2 heterocycles. The molecule has 0 unspecified atom stereocenters. The van der Waals surface area contributed by atoms with Gasteiger partial charge in [-0.05, 0) is 42.2 Å². The summed E-state index contributed by atoms with van der Waals surface area (Å²) in [5.41, 5.74) is -0.503. The number of hydrogen-bond donors (Lipinski definition) is 0. The van der Waals surface area contributed by atoms with Crippen LogP contribution in [0.1, 0.15) is 29.8 Å².